The number of benzene rings is 1. The van der Waals surface area contributed by atoms with Crippen molar-refractivity contribution in [1.29, 1.82) is 0 Å². The molecule has 1 aliphatic rings. The highest BCUT2D eigenvalue weighted by molar-refractivity contribution is 6.19. The predicted octanol–water partition coefficient (Wildman–Crippen LogP) is 2.80. The first kappa shape index (κ1) is 9.97. The van der Waals surface area contributed by atoms with Gasteiger partial charge < -0.3 is 4.74 Å². The molecular weight excluding hydrogens is 188 g/mol. The molecule has 0 unspecified atom stereocenters. The maximum Gasteiger partial charge on any atom is 0.339 e. The van der Waals surface area contributed by atoms with E-state index in [-0.39, 0.29) is 5.97 Å². The zero-order chi connectivity index (χ0) is 11.1. The molecule has 1 aromatic rings. The van der Waals surface area contributed by atoms with Crippen molar-refractivity contribution in [2.24, 2.45) is 0 Å². The van der Waals surface area contributed by atoms with E-state index in [0.29, 0.717) is 5.57 Å². The number of ether oxygens (including phenoxy) is 1. The number of hydrogen-bond donors (Lipinski definition) is 0. The van der Waals surface area contributed by atoms with E-state index in [1.807, 2.05) is 51.1 Å². The predicted molar refractivity (Wildman–Crippen MR) is 59.2 cm³/mol. The second kappa shape index (κ2) is 3.23. The van der Waals surface area contributed by atoms with Gasteiger partial charge in [0.25, 0.3) is 0 Å². The van der Waals surface area contributed by atoms with Gasteiger partial charge in [0, 0.05) is 0 Å². The lowest BCUT2D eigenvalue weighted by Crippen LogP contribution is -2.21. The molecule has 0 atom stereocenters. The number of carbonyl (C=O) groups is 1. The molecule has 2 rings (SSSR count). The second-order valence-electron chi connectivity index (χ2n) is 4.27. The van der Waals surface area contributed by atoms with Crippen molar-refractivity contribution in [1.82, 2.24) is 0 Å². The monoisotopic (exact) mass is 202 g/mol. The summed E-state index contributed by atoms with van der Waals surface area (Å²) in [7, 11) is 0. The van der Waals surface area contributed by atoms with Crippen molar-refractivity contribution < 1.29 is 9.53 Å². The smallest absolute Gasteiger partial charge is 0.339 e. The fourth-order valence-corrected chi connectivity index (χ4v) is 1.75. The Morgan fingerprint density at radius 2 is 1.73 bits per heavy atom. The average Bonchev–Trinajstić information content (AvgIpc) is 2.38. The van der Waals surface area contributed by atoms with E-state index in [1.54, 1.807) is 0 Å². The Balaban J connectivity index is 2.54. The van der Waals surface area contributed by atoms with Crippen LogP contribution >= 0.6 is 0 Å². The van der Waals surface area contributed by atoms with Gasteiger partial charge in [-0.1, -0.05) is 30.3 Å². The van der Waals surface area contributed by atoms with Crippen molar-refractivity contribution >= 4 is 11.5 Å². The molecule has 15 heavy (non-hydrogen) atoms. The summed E-state index contributed by atoms with van der Waals surface area (Å²) >= 11 is 0. The van der Waals surface area contributed by atoms with Crippen LogP contribution in [0.25, 0.3) is 5.57 Å². The molecule has 1 heterocycles. The molecule has 0 bridgehead atoms. The van der Waals surface area contributed by atoms with Gasteiger partial charge in [0.2, 0.25) is 0 Å². The van der Waals surface area contributed by atoms with E-state index in [9.17, 15) is 4.79 Å². The molecule has 1 aromatic carbocycles. The van der Waals surface area contributed by atoms with Crippen molar-refractivity contribution in [3.63, 3.8) is 0 Å². The van der Waals surface area contributed by atoms with Crippen LogP contribution in [0, 0.1) is 0 Å². The third kappa shape index (κ3) is 1.56. The van der Waals surface area contributed by atoms with Crippen molar-refractivity contribution in [2.45, 2.75) is 26.4 Å². The van der Waals surface area contributed by atoms with Gasteiger partial charge in [-0.15, -0.1) is 0 Å². The molecule has 0 radical (unpaired) electrons. The summed E-state index contributed by atoms with van der Waals surface area (Å²) in [5, 5.41) is 0. The number of hydrogen-bond acceptors (Lipinski definition) is 2. The Morgan fingerprint density at radius 3 is 2.20 bits per heavy atom. The fraction of sp³-hybridized carbons (Fsp3) is 0.308. The molecular formula is C13H14O2. The Kier molecular flexibility index (Phi) is 2.14. The molecule has 0 aliphatic carbocycles. The van der Waals surface area contributed by atoms with Gasteiger partial charge in [-0.25, -0.2) is 4.79 Å². The SMILES string of the molecule is CC1=C(c2ccccc2)C(=O)OC1(C)C. The van der Waals surface area contributed by atoms with E-state index in [2.05, 4.69) is 0 Å². The van der Waals surface area contributed by atoms with Gasteiger partial charge in [-0.3, -0.25) is 0 Å². The number of rotatable bonds is 1. The molecule has 0 N–H and O–H groups in total. The van der Waals surface area contributed by atoms with E-state index in [4.69, 9.17) is 4.74 Å². The minimum absolute atomic E-state index is 0.219. The first-order valence-corrected chi connectivity index (χ1v) is 5.02. The average molecular weight is 202 g/mol. The summed E-state index contributed by atoms with van der Waals surface area (Å²) in [5.41, 5.74) is 2.17. The van der Waals surface area contributed by atoms with Crippen LogP contribution in [-0.4, -0.2) is 11.6 Å². The quantitative estimate of drug-likeness (QED) is 0.654. The van der Waals surface area contributed by atoms with Gasteiger partial charge in [-0.05, 0) is 31.9 Å². The first-order valence-electron chi connectivity index (χ1n) is 5.02. The number of carbonyl (C=O) groups excluding carboxylic acids is 1. The summed E-state index contributed by atoms with van der Waals surface area (Å²) < 4.78 is 5.31. The molecule has 0 fully saturated rings. The van der Waals surface area contributed by atoms with Gasteiger partial charge >= 0.3 is 5.97 Å². The Hall–Kier alpha value is -1.57. The molecule has 0 saturated carbocycles. The second-order valence-corrected chi connectivity index (χ2v) is 4.27. The highest BCUT2D eigenvalue weighted by Gasteiger charge is 2.37. The largest absolute Gasteiger partial charge is 0.451 e. The summed E-state index contributed by atoms with van der Waals surface area (Å²) in [6.07, 6.45) is 0. The molecule has 0 saturated heterocycles. The molecule has 2 nitrogen and oxygen atoms in total. The lowest BCUT2D eigenvalue weighted by atomic mass is 9.94. The Labute approximate surface area is 89.6 Å². The van der Waals surface area contributed by atoms with Crippen LogP contribution in [0.1, 0.15) is 26.3 Å². The van der Waals surface area contributed by atoms with Gasteiger partial charge in [0.1, 0.15) is 5.60 Å². The number of esters is 1. The van der Waals surface area contributed by atoms with Crippen LogP contribution in [0.4, 0.5) is 0 Å². The minimum atomic E-state index is -0.470. The summed E-state index contributed by atoms with van der Waals surface area (Å²) in [6.45, 7) is 5.78. The van der Waals surface area contributed by atoms with Crippen LogP contribution in [0.5, 0.6) is 0 Å². The van der Waals surface area contributed by atoms with Crippen molar-refractivity contribution in [2.75, 3.05) is 0 Å². The molecule has 78 valence electrons. The maximum absolute atomic E-state index is 11.7. The Bertz CT molecular complexity index is 427. The molecule has 2 heteroatoms. The lowest BCUT2D eigenvalue weighted by molar-refractivity contribution is -0.142. The van der Waals surface area contributed by atoms with Crippen molar-refractivity contribution in [3.05, 3.63) is 41.5 Å². The number of cyclic esters (lactones) is 1. The molecule has 0 amide bonds. The third-order valence-electron chi connectivity index (χ3n) is 2.89. The minimum Gasteiger partial charge on any atom is -0.451 e. The maximum atomic E-state index is 11.7. The van der Waals surface area contributed by atoms with Gasteiger partial charge in [-0.2, -0.15) is 0 Å². The third-order valence-corrected chi connectivity index (χ3v) is 2.89. The van der Waals surface area contributed by atoms with Crippen LogP contribution in [-0.2, 0) is 9.53 Å². The molecule has 0 spiro atoms. The van der Waals surface area contributed by atoms with Crippen LogP contribution in [0.2, 0.25) is 0 Å². The lowest BCUT2D eigenvalue weighted by Gasteiger charge is -2.18. The Morgan fingerprint density at radius 1 is 1.13 bits per heavy atom. The fourth-order valence-electron chi connectivity index (χ4n) is 1.75. The summed E-state index contributed by atoms with van der Waals surface area (Å²) in [4.78, 5) is 11.7. The summed E-state index contributed by atoms with van der Waals surface area (Å²) in [5.74, 6) is -0.219. The zero-order valence-corrected chi connectivity index (χ0v) is 9.20. The van der Waals surface area contributed by atoms with E-state index in [1.165, 1.54) is 0 Å². The van der Waals surface area contributed by atoms with Crippen LogP contribution < -0.4 is 0 Å². The van der Waals surface area contributed by atoms with Gasteiger partial charge in [0.15, 0.2) is 0 Å². The van der Waals surface area contributed by atoms with Gasteiger partial charge in [0.05, 0.1) is 5.57 Å². The zero-order valence-electron chi connectivity index (χ0n) is 9.20. The van der Waals surface area contributed by atoms with E-state index in [0.717, 1.165) is 11.1 Å². The molecule has 1 aliphatic heterocycles. The highest BCUT2D eigenvalue weighted by Crippen LogP contribution is 2.36. The van der Waals surface area contributed by atoms with Crippen molar-refractivity contribution in [3.8, 4) is 0 Å². The standard InChI is InChI=1S/C13H14O2/c1-9-11(10-7-5-4-6-8-10)12(14)15-13(9,2)3/h4-8H,1-3H3. The highest BCUT2D eigenvalue weighted by atomic mass is 16.6. The van der Waals surface area contributed by atoms with Crippen LogP contribution in [0.3, 0.4) is 0 Å². The van der Waals surface area contributed by atoms with E-state index < -0.39 is 5.60 Å². The van der Waals surface area contributed by atoms with E-state index >= 15 is 0 Å². The van der Waals surface area contributed by atoms with Crippen LogP contribution in [0.15, 0.2) is 35.9 Å². The summed E-state index contributed by atoms with van der Waals surface area (Å²) in [6, 6.07) is 9.65. The first-order chi connectivity index (χ1) is 7.02. The topological polar surface area (TPSA) is 26.3 Å². The molecule has 0 aromatic heterocycles. The normalized spacial score (nSPS) is 19.3.